The van der Waals surface area contributed by atoms with Gasteiger partial charge in [-0.15, -0.1) is 0 Å². The third-order valence-electron chi connectivity index (χ3n) is 3.95. The number of furan rings is 1. The van der Waals surface area contributed by atoms with Crippen molar-refractivity contribution in [1.29, 1.82) is 0 Å². The molecule has 2 aromatic rings. The second kappa shape index (κ2) is 6.90. The summed E-state index contributed by atoms with van der Waals surface area (Å²) in [6, 6.07) is 3.91. The fourth-order valence-electron chi connectivity index (χ4n) is 2.48. The Hall–Kier alpha value is -2.23. The van der Waals surface area contributed by atoms with E-state index in [-0.39, 0.29) is 5.91 Å². The third-order valence-corrected chi connectivity index (χ3v) is 3.95. The van der Waals surface area contributed by atoms with Gasteiger partial charge in [-0.2, -0.15) is 0 Å². The Morgan fingerprint density at radius 2 is 2.04 bits per heavy atom. The number of benzene rings is 1. The highest BCUT2D eigenvalue weighted by Crippen LogP contribution is 2.34. The number of amides is 1. The molecule has 0 fully saturated rings. The van der Waals surface area contributed by atoms with Crippen molar-refractivity contribution in [2.75, 3.05) is 13.7 Å². The average molecular weight is 315 g/mol. The van der Waals surface area contributed by atoms with Crippen LogP contribution in [0, 0.1) is 19.8 Å². The van der Waals surface area contributed by atoms with Crippen molar-refractivity contribution in [3.05, 3.63) is 35.1 Å². The molecule has 0 bridgehead atoms. The standard InChI is InChI=1S/C19H25NO3/c1-11(2)10-20-19(21)7-12(3)15-8-16-13(4)14(5)23-18(16)9-17(15)22-6/h7-9,11H,10H2,1-6H3,(H,20,21)/b12-7+. The van der Waals surface area contributed by atoms with Crippen LogP contribution in [0.2, 0.25) is 0 Å². The Labute approximate surface area is 137 Å². The molecule has 23 heavy (non-hydrogen) atoms. The Morgan fingerprint density at radius 3 is 2.65 bits per heavy atom. The van der Waals surface area contributed by atoms with E-state index in [4.69, 9.17) is 9.15 Å². The number of allylic oxidation sites excluding steroid dienone is 1. The number of nitrogens with one attached hydrogen (secondary N) is 1. The zero-order valence-corrected chi connectivity index (χ0v) is 14.7. The lowest BCUT2D eigenvalue weighted by Crippen LogP contribution is -2.25. The van der Waals surface area contributed by atoms with Gasteiger partial charge in [-0.3, -0.25) is 4.79 Å². The summed E-state index contributed by atoms with van der Waals surface area (Å²) in [5, 5.41) is 3.95. The van der Waals surface area contributed by atoms with Crippen molar-refractivity contribution in [3.8, 4) is 5.75 Å². The van der Waals surface area contributed by atoms with Crippen molar-refractivity contribution in [1.82, 2.24) is 5.32 Å². The van der Waals surface area contributed by atoms with E-state index in [1.165, 1.54) is 0 Å². The summed E-state index contributed by atoms with van der Waals surface area (Å²) < 4.78 is 11.2. The van der Waals surface area contributed by atoms with Crippen molar-refractivity contribution >= 4 is 22.4 Å². The van der Waals surface area contributed by atoms with Crippen molar-refractivity contribution in [2.24, 2.45) is 5.92 Å². The van der Waals surface area contributed by atoms with Crippen LogP contribution in [0.5, 0.6) is 5.75 Å². The van der Waals surface area contributed by atoms with E-state index in [2.05, 4.69) is 19.2 Å². The SMILES string of the molecule is COc1cc2oc(C)c(C)c2cc1/C(C)=C/C(=O)NCC(C)C. The monoisotopic (exact) mass is 315 g/mol. The number of hydrogen-bond donors (Lipinski definition) is 1. The van der Waals surface area contributed by atoms with Crippen LogP contribution >= 0.6 is 0 Å². The van der Waals surface area contributed by atoms with Crippen LogP contribution in [-0.2, 0) is 4.79 Å². The highest BCUT2D eigenvalue weighted by molar-refractivity contribution is 5.97. The Morgan fingerprint density at radius 1 is 1.35 bits per heavy atom. The second-order valence-corrected chi connectivity index (χ2v) is 6.30. The smallest absolute Gasteiger partial charge is 0.244 e. The summed E-state index contributed by atoms with van der Waals surface area (Å²) in [5.41, 5.74) is 3.69. The minimum atomic E-state index is -0.0848. The molecule has 0 aliphatic carbocycles. The van der Waals surface area contributed by atoms with Gasteiger partial charge in [0.2, 0.25) is 5.91 Å². The normalized spacial score (nSPS) is 12.0. The van der Waals surface area contributed by atoms with Gasteiger partial charge in [0.1, 0.15) is 17.1 Å². The fraction of sp³-hybridized carbons (Fsp3) is 0.421. The maximum absolute atomic E-state index is 12.0. The van der Waals surface area contributed by atoms with E-state index in [1.807, 2.05) is 32.9 Å². The number of carbonyl (C=O) groups excluding carboxylic acids is 1. The first-order chi connectivity index (χ1) is 10.8. The van der Waals surface area contributed by atoms with Crippen LogP contribution in [0.4, 0.5) is 0 Å². The van der Waals surface area contributed by atoms with Gasteiger partial charge in [0, 0.05) is 29.6 Å². The number of fused-ring (bicyclic) bond motifs is 1. The Bertz CT molecular complexity index is 754. The summed E-state index contributed by atoms with van der Waals surface area (Å²) >= 11 is 0. The van der Waals surface area contributed by atoms with Gasteiger partial charge in [-0.1, -0.05) is 13.8 Å². The molecular formula is C19H25NO3. The predicted octanol–water partition coefficient (Wildman–Crippen LogP) is 4.23. The van der Waals surface area contributed by atoms with E-state index < -0.39 is 0 Å². The van der Waals surface area contributed by atoms with Gasteiger partial charge in [0.25, 0.3) is 0 Å². The molecular weight excluding hydrogens is 290 g/mol. The number of hydrogen-bond acceptors (Lipinski definition) is 3. The van der Waals surface area contributed by atoms with E-state index in [9.17, 15) is 4.79 Å². The van der Waals surface area contributed by atoms with Crippen LogP contribution in [0.25, 0.3) is 16.5 Å². The molecule has 1 aromatic carbocycles. The molecule has 1 amide bonds. The Balaban J connectivity index is 2.40. The molecule has 0 spiro atoms. The van der Waals surface area contributed by atoms with Crippen LogP contribution in [0.1, 0.15) is 37.7 Å². The summed E-state index contributed by atoms with van der Waals surface area (Å²) in [5.74, 6) is 1.95. The number of ether oxygens (including phenoxy) is 1. The lowest BCUT2D eigenvalue weighted by molar-refractivity contribution is -0.116. The number of aryl methyl sites for hydroxylation is 2. The summed E-state index contributed by atoms with van der Waals surface area (Å²) in [7, 11) is 1.62. The largest absolute Gasteiger partial charge is 0.496 e. The van der Waals surface area contributed by atoms with Crippen molar-refractivity contribution in [2.45, 2.75) is 34.6 Å². The van der Waals surface area contributed by atoms with Gasteiger partial charge < -0.3 is 14.5 Å². The Kier molecular flexibility index (Phi) is 5.14. The van der Waals surface area contributed by atoms with E-state index in [0.29, 0.717) is 18.2 Å². The van der Waals surface area contributed by atoms with Gasteiger partial charge in [-0.05, 0) is 43.9 Å². The first kappa shape index (κ1) is 17.1. The van der Waals surface area contributed by atoms with Gasteiger partial charge >= 0.3 is 0 Å². The minimum absolute atomic E-state index is 0.0848. The molecule has 2 rings (SSSR count). The van der Waals surface area contributed by atoms with Crippen LogP contribution in [-0.4, -0.2) is 19.6 Å². The number of rotatable bonds is 5. The quantitative estimate of drug-likeness (QED) is 0.840. The van der Waals surface area contributed by atoms with Crippen LogP contribution < -0.4 is 10.1 Å². The first-order valence-electron chi connectivity index (χ1n) is 7.87. The van der Waals surface area contributed by atoms with Crippen LogP contribution in [0.15, 0.2) is 22.6 Å². The molecule has 0 aliphatic rings. The van der Waals surface area contributed by atoms with Crippen LogP contribution in [0.3, 0.4) is 0 Å². The molecule has 0 atom stereocenters. The van der Waals surface area contributed by atoms with E-state index in [0.717, 1.165) is 33.4 Å². The molecule has 124 valence electrons. The molecule has 4 nitrogen and oxygen atoms in total. The lowest BCUT2D eigenvalue weighted by Gasteiger charge is -2.10. The molecule has 1 aromatic heterocycles. The molecule has 0 unspecified atom stereocenters. The molecule has 1 N–H and O–H groups in total. The van der Waals surface area contributed by atoms with Gasteiger partial charge in [0.05, 0.1) is 7.11 Å². The number of methoxy groups -OCH3 is 1. The fourth-order valence-corrected chi connectivity index (χ4v) is 2.48. The molecule has 0 radical (unpaired) electrons. The van der Waals surface area contributed by atoms with E-state index in [1.54, 1.807) is 13.2 Å². The molecule has 0 saturated carbocycles. The molecule has 0 aliphatic heterocycles. The molecule has 4 heteroatoms. The number of carbonyl (C=O) groups is 1. The lowest BCUT2D eigenvalue weighted by atomic mass is 10.0. The predicted molar refractivity (Wildman–Crippen MR) is 93.7 cm³/mol. The summed E-state index contributed by atoms with van der Waals surface area (Å²) in [6.07, 6.45) is 1.62. The molecule has 1 heterocycles. The van der Waals surface area contributed by atoms with Crippen molar-refractivity contribution in [3.63, 3.8) is 0 Å². The highest BCUT2D eigenvalue weighted by Gasteiger charge is 2.14. The maximum Gasteiger partial charge on any atom is 0.244 e. The zero-order chi connectivity index (χ0) is 17.1. The van der Waals surface area contributed by atoms with Crippen molar-refractivity contribution < 1.29 is 13.9 Å². The first-order valence-corrected chi connectivity index (χ1v) is 7.87. The minimum Gasteiger partial charge on any atom is -0.496 e. The van der Waals surface area contributed by atoms with E-state index >= 15 is 0 Å². The second-order valence-electron chi connectivity index (χ2n) is 6.30. The zero-order valence-electron chi connectivity index (χ0n) is 14.7. The summed E-state index contributed by atoms with van der Waals surface area (Å²) in [6.45, 7) is 10.7. The van der Waals surface area contributed by atoms with Gasteiger partial charge in [0.15, 0.2) is 0 Å². The maximum atomic E-state index is 12.0. The topological polar surface area (TPSA) is 51.5 Å². The van der Waals surface area contributed by atoms with Gasteiger partial charge in [-0.25, -0.2) is 0 Å². The third kappa shape index (κ3) is 3.76. The highest BCUT2D eigenvalue weighted by atomic mass is 16.5. The summed E-state index contributed by atoms with van der Waals surface area (Å²) in [4.78, 5) is 12.0. The molecule has 0 saturated heterocycles. The average Bonchev–Trinajstić information content (AvgIpc) is 2.78.